The van der Waals surface area contributed by atoms with E-state index in [9.17, 15) is 0 Å². The largest absolute Gasteiger partial charge is 0.396 e. The van der Waals surface area contributed by atoms with Gasteiger partial charge in [0.05, 0.1) is 0 Å². The first kappa shape index (κ1) is 22.2. The molecule has 0 rings (SSSR count). The van der Waals surface area contributed by atoms with Gasteiger partial charge in [-0.05, 0) is 12.8 Å². The average molecular weight is 289 g/mol. The minimum atomic E-state index is 0.369. The van der Waals surface area contributed by atoms with Crippen molar-refractivity contribution in [2.75, 3.05) is 13.2 Å². The maximum atomic E-state index is 8.47. The van der Waals surface area contributed by atoms with E-state index in [2.05, 4.69) is 13.8 Å². The van der Waals surface area contributed by atoms with Gasteiger partial charge in [0.1, 0.15) is 0 Å². The molecule has 0 atom stereocenters. The van der Waals surface area contributed by atoms with E-state index in [0.717, 1.165) is 12.8 Å². The van der Waals surface area contributed by atoms with Crippen LogP contribution in [0.3, 0.4) is 0 Å². The molecule has 2 N–H and O–H groups in total. The summed E-state index contributed by atoms with van der Waals surface area (Å²) in [6, 6.07) is 0. The Morgan fingerprint density at radius 2 is 0.650 bits per heavy atom. The van der Waals surface area contributed by atoms with Gasteiger partial charge in [0.25, 0.3) is 0 Å². The Morgan fingerprint density at radius 3 is 0.900 bits per heavy atom. The van der Waals surface area contributed by atoms with E-state index in [4.69, 9.17) is 10.2 Å². The van der Waals surface area contributed by atoms with Crippen LogP contribution in [0, 0.1) is 0 Å². The molecular weight excluding hydrogens is 248 g/mol. The van der Waals surface area contributed by atoms with Crippen molar-refractivity contribution < 1.29 is 10.2 Å². The van der Waals surface area contributed by atoms with Crippen LogP contribution in [0.1, 0.15) is 104 Å². The number of hydrogen-bond acceptors (Lipinski definition) is 2. The van der Waals surface area contributed by atoms with Crippen LogP contribution in [-0.4, -0.2) is 23.4 Å². The highest BCUT2D eigenvalue weighted by molar-refractivity contribution is 4.44. The molecule has 0 bridgehead atoms. The van der Waals surface area contributed by atoms with Crippen LogP contribution in [0.25, 0.3) is 0 Å². The molecule has 124 valence electrons. The standard InChI is InChI=1S/2C9H20O/c2*1-2-3-4-5-6-7-8-9-10/h2*10H,2-9H2,1H3. The number of aliphatic hydroxyl groups excluding tert-OH is 2. The van der Waals surface area contributed by atoms with E-state index in [1.54, 1.807) is 0 Å². The molecule has 0 aromatic rings. The van der Waals surface area contributed by atoms with Gasteiger partial charge in [-0.25, -0.2) is 0 Å². The lowest BCUT2D eigenvalue weighted by atomic mass is 10.1. The third-order valence-corrected chi connectivity index (χ3v) is 3.52. The van der Waals surface area contributed by atoms with E-state index in [-0.39, 0.29) is 0 Å². The van der Waals surface area contributed by atoms with Crippen molar-refractivity contribution in [3.63, 3.8) is 0 Å². The summed E-state index contributed by atoms with van der Waals surface area (Å²) in [6.07, 6.45) is 17.9. The lowest BCUT2D eigenvalue weighted by Gasteiger charge is -1.97. The monoisotopic (exact) mass is 288 g/mol. The van der Waals surface area contributed by atoms with Gasteiger partial charge in [-0.15, -0.1) is 0 Å². The first-order chi connectivity index (χ1) is 9.83. The van der Waals surface area contributed by atoms with Crippen LogP contribution in [0.4, 0.5) is 0 Å². The molecule has 2 nitrogen and oxygen atoms in total. The second-order valence-electron chi connectivity index (χ2n) is 5.69. The van der Waals surface area contributed by atoms with Crippen molar-refractivity contribution in [2.45, 2.75) is 104 Å². The van der Waals surface area contributed by atoms with E-state index in [1.165, 1.54) is 77.0 Å². The average Bonchev–Trinajstić information content (AvgIpc) is 2.47. The summed E-state index contributed by atoms with van der Waals surface area (Å²) in [4.78, 5) is 0. The molecule has 0 saturated heterocycles. The van der Waals surface area contributed by atoms with E-state index < -0.39 is 0 Å². The zero-order chi connectivity index (χ0) is 15.3. The number of aliphatic hydroxyl groups is 2. The summed E-state index contributed by atoms with van der Waals surface area (Å²) in [5.74, 6) is 0. The van der Waals surface area contributed by atoms with Gasteiger partial charge in [-0.3, -0.25) is 0 Å². The fourth-order valence-electron chi connectivity index (χ4n) is 2.14. The Hall–Kier alpha value is -0.0800. The van der Waals surface area contributed by atoms with Gasteiger partial charge >= 0.3 is 0 Å². The third-order valence-electron chi connectivity index (χ3n) is 3.52. The Balaban J connectivity index is 0. The van der Waals surface area contributed by atoms with Crippen LogP contribution in [0.5, 0.6) is 0 Å². The maximum Gasteiger partial charge on any atom is 0.0431 e. The molecule has 0 saturated carbocycles. The Labute approximate surface area is 128 Å². The van der Waals surface area contributed by atoms with Crippen LogP contribution in [0.2, 0.25) is 0 Å². The normalized spacial score (nSPS) is 10.2. The minimum Gasteiger partial charge on any atom is -0.396 e. The van der Waals surface area contributed by atoms with Crippen molar-refractivity contribution in [1.29, 1.82) is 0 Å². The molecule has 0 amide bonds. The highest BCUT2D eigenvalue weighted by Crippen LogP contribution is 2.06. The molecule has 0 unspecified atom stereocenters. The number of unbranched alkanes of at least 4 members (excludes halogenated alkanes) is 12. The van der Waals surface area contributed by atoms with Gasteiger partial charge in [-0.1, -0.05) is 90.9 Å². The molecule has 0 spiro atoms. The van der Waals surface area contributed by atoms with E-state index in [0.29, 0.717) is 13.2 Å². The second kappa shape index (κ2) is 24.0. The van der Waals surface area contributed by atoms with E-state index >= 15 is 0 Å². The summed E-state index contributed by atoms with van der Waals surface area (Å²) in [7, 11) is 0. The van der Waals surface area contributed by atoms with E-state index in [1.807, 2.05) is 0 Å². The molecular formula is C18H40O2. The summed E-state index contributed by atoms with van der Waals surface area (Å²) < 4.78 is 0. The van der Waals surface area contributed by atoms with Gasteiger partial charge in [0.15, 0.2) is 0 Å². The topological polar surface area (TPSA) is 40.5 Å². The Morgan fingerprint density at radius 1 is 0.400 bits per heavy atom. The smallest absolute Gasteiger partial charge is 0.0431 e. The van der Waals surface area contributed by atoms with Gasteiger partial charge in [-0.2, -0.15) is 0 Å². The third kappa shape index (κ3) is 26.5. The molecule has 2 heteroatoms. The first-order valence-corrected chi connectivity index (χ1v) is 9.05. The Bertz CT molecular complexity index is 105. The van der Waals surface area contributed by atoms with Crippen molar-refractivity contribution in [3.05, 3.63) is 0 Å². The quantitative estimate of drug-likeness (QED) is 0.417. The molecule has 0 heterocycles. The zero-order valence-corrected chi connectivity index (χ0v) is 14.2. The SMILES string of the molecule is CCCCCCCCCO.CCCCCCCCCO. The maximum absolute atomic E-state index is 8.47. The number of rotatable bonds is 14. The zero-order valence-electron chi connectivity index (χ0n) is 14.2. The lowest BCUT2D eigenvalue weighted by Crippen LogP contribution is -1.83. The molecule has 0 aromatic carbocycles. The first-order valence-electron chi connectivity index (χ1n) is 9.05. The van der Waals surface area contributed by atoms with Crippen molar-refractivity contribution in [1.82, 2.24) is 0 Å². The van der Waals surface area contributed by atoms with Crippen molar-refractivity contribution in [3.8, 4) is 0 Å². The van der Waals surface area contributed by atoms with Crippen LogP contribution < -0.4 is 0 Å². The minimum absolute atomic E-state index is 0.369. The summed E-state index contributed by atoms with van der Waals surface area (Å²) in [6.45, 7) is 5.20. The molecule has 0 aromatic heterocycles. The van der Waals surface area contributed by atoms with Crippen molar-refractivity contribution in [2.24, 2.45) is 0 Å². The molecule has 0 aliphatic carbocycles. The fourth-order valence-corrected chi connectivity index (χ4v) is 2.14. The predicted molar refractivity (Wildman–Crippen MR) is 90.2 cm³/mol. The molecule has 0 radical (unpaired) electrons. The molecule has 0 aliphatic rings. The van der Waals surface area contributed by atoms with Crippen LogP contribution >= 0.6 is 0 Å². The second-order valence-corrected chi connectivity index (χ2v) is 5.69. The van der Waals surface area contributed by atoms with Crippen LogP contribution in [-0.2, 0) is 0 Å². The van der Waals surface area contributed by atoms with Gasteiger partial charge in [0.2, 0.25) is 0 Å². The lowest BCUT2D eigenvalue weighted by molar-refractivity contribution is 0.282. The van der Waals surface area contributed by atoms with Crippen molar-refractivity contribution >= 4 is 0 Å². The molecule has 0 fully saturated rings. The highest BCUT2D eigenvalue weighted by Gasteiger charge is 1.88. The Kier molecular flexibility index (Phi) is 26.6. The van der Waals surface area contributed by atoms with Crippen LogP contribution in [0.15, 0.2) is 0 Å². The highest BCUT2D eigenvalue weighted by atomic mass is 16.3. The summed E-state index contributed by atoms with van der Waals surface area (Å²) in [5, 5.41) is 16.9. The summed E-state index contributed by atoms with van der Waals surface area (Å²) >= 11 is 0. The predicted octanol–water partition coefficient (Wildman–Crippen LogP) is 5.46. The fraction of sp³-hybridized carbons (Fsp3) is 1.00. The number of hydrogen-bond donors (Lipinski definition) is 2. The molecule has 20 heavy (non-hydrogen) atoms. The van der Waals surface area contributed by atoms with Gasteiger partial charge < -0.3 is 10.2 Å². The molecule has 0 aliphatic heterocycles. The van der Waals surface area contributed by atoms with Gasteiger partial charge in [0, 0.05) is 13.2 Å². The summed E-state index contributed by atoms with van der Waals surface area (Å²) in [5.41, 5.74) is 0.